The molecular weight excluding hydrogens is 333 g/mol. The zero-order valence-electron chi connectivity index (χ0n) is 11.5. The Morgan fingerprint density at radius 2 is 2.10 bits per heavy atom. The smallest absolute Gasteiger partial charge is 0.365 e. The van der Waals surface area contributed by atoms with Gasteiger partial charge in [-0.3, -0.25) is 0 Å². The second kappa shape index (κ2) is 5.93. The first-order valence-corrected chi connectivity index (χ1v) is 7.49. The van der Waals surface area contributed by atoms with Crippen LogP contribution in [0.5, 0.6) is 0 Å². The quantitative estimate of drug-likeness (QED) is 0.865. The Balaban J connectivity index is 2.35. The molecule has 0 radical (unpaired) electrons. The van der Waals surface area contributed by atoms with Crippen molar-refractivity contribution in [3.8, 4) is 0 Å². The predicted octanol–water partition coefficient (Wildman–Crippen LogP) is 4.04. The van der Waals surface area contributed by atoms with Crippen LogP contribution in [0, 0.1) is 0 Å². The number of nitrogens with zero attached hydrogens (tertiary/aromatic N) is 1. The van der Waals surface area contributed by atoms with Crippen LogP contribution in [0.25, 0.3) is 0 Å². The van der Waals surface area contributed by atoms with Crippen molar-refractivity contribution in [1.29, 1.82) is 0 Å². The topological polar surface area (TPSA) is 15.3 Å². The lowest BCUT2D eigenvalue weighted by molar-refractivity contribution is -0.137. The van der Waals surface area contributed by atoms with Crippen molar-refractivity contribution in [2.45, 2.75) is 38.5 Å². The number of rotatable bonds is 2. The van der Waals surface area contributed by atoms with E-state index < -0.39 is 11.7 Å². The zero-order chi connectivity index (χ0) is 14.9. The molecule has 0 spiro atoms. The van der Waals surface area contributed by atoms with Crippen LogP contribution in [-0.2, 0) is 6.18 Å². The number of hydrogen-bond donors (Lipinski definition) is 1. The molecule has 2 nitrogen and oxygen atoms in total. The van der Waals surface area contributed by atoms with E-state index in [4.69, 9.17) is 0 Å². The predicted molar refractivity (Wildman–Crippen MR) is 78.0 cm³/mol. The highest BCUT2D eigenvalue weighted by atomic mass is 79.9. The standard InChI is InChI=1S/C14H18BrF3N2/c1-3-11-8-20(9(2)7-19-11)13-6-10(14(16,17)18)4-5-12(13)15/h4-6,9,11,19H,3,7-8H2,1-2H3. The van der Waals surface area contributed by atoms with Crippen molar-refractivity contribution < 1.29 is 13.2 Å². The van der Waals surface area contributed by atoms with Crippen LogP contribution < -0.4 is 10.2 Å². The van der Waals surface area contributed by atoms with E-state index in [-0.39, 0.29) is 6.04 Å². The van der Waals surface area contributed by atoms with Gasteiger partial charge in [0, 0.05) is 29.6 Å². The summed E-state index contributed by atoms with van der Waals surface area (Å²) >= 11 is 3.37. The molecule has 0 amide bonds. The molecule has 20 heavy (non-hydrogen) atoms. The van der Waals surface area contributed by atoms with E-state index in [1.165, 1.54) is 12.1 Å². The first kappa shape index (κ1) is 15.6. The van der Waals surface area contributed by atoms with Gasteiger partial charge in [0.15, 0.2) is 0 Å². The van der Waals surface area contributed by atoms with Crippen LogP contribution in [0.15, 0.2) is 22.7 Å². The molecule has 0 saturated carbocycles. The number of piperazine rings is 1. The van der Waals surface area contributed by atoms with Gasteiger partial charge >= 0.3 is 6.18 Å². The maximum absolute atomic E-state index is 12.9. The van der Waals surface area contributed by atoms with Gasteiger partial charge in [0.2, 0.25) is 0 Å². The van der Waals surface area contributed by atoms with Gasteiger partial charge in [0.25, 0.3) is 0 Å². The molecule has 2 unspecified atom stereocenters. The highest BCUT2D eigenvalue weighted by molar-refractivity contribution is 9.10. The number of hydrogen-bond acceptors (Lipinski definition) is 2. The van der Waals surface area contributed by atoms with Gasteiger partial charge in [-0.1, -0.05) is 6.92 Å². The molecule has 0 bridgehead atoms. The molecule has 6 heteroatoms. The number of benzene rings is 1. The number of halogens is 4. The van der Waals surface area contributed by atoms with Crippen molar-refractivity contribution in [3.63, 3.8) is 0 Å². The third-order valence-electron chi connectivity index (χ3n) is 3.73. The fourth-order valence-electron chi connectivity index (χ4n) is 2.45. The summed E-state index contributed by atoms with van der Waals surface area (Å²) in [5, 5.41) is 3.40. The Hall–Kier alpha value is -0.750. The molecule has 1 heterocycles. The minimum Gasteiger partial charge on any atom is -0.365 e. The van der Waals surface area contributed by atoms with Gasteiger partial charge in [-0.2, -0.15) is 13.2 Å². The molecule has 1 aliphatic heterocycles. The summed E-state index contributed by atoms with van der Waals surface area (Å²) < 4.78 is 39.3. The fourth-order valence-corrected chi connectivity index (χ4v) is 2.92. The molecule has 0 aliphatic carbocycles. The molecule has 0 aromatic heterocycles. The van der Waals surface area contributed by atoms with Gasteiger partial charge in [0.1, 0.15) is 0 Å². The molecule has 112 valence electrons. The molecule has 1 fully saturated rings. The molecule has 1 aromatic carbocycles. The second-order valence-electron chi connectivity index (χ2n) is 5.18. The summed E-state index contributed by atoms with van der Waals surface area (Å²) in [6, 6.07) is 4.30. The molecule has 1 saturated heterocycles. The molecule has 2 rings (SSSR count). The number of anilines is 1. The van der Waals surface area contributed by atoms with E-state index in [9.17, 15) is 13.2 Å². The lowest BCUT2D eigenvalue weighted by Crippen LogP contribution is -2.55. The first-order chi connectivity index (χ1) is 9.32. The summed E-state index contributed by atoms with van der Waals surface area (Å²) in [6.07, 6.45) is -3.35. The van der Waals surface area contributed by atoms with E-state index in [2.05, 4.69) is 28.2 Å². The normalized spacial score (nSPS) is 24.0. The SMILES string of the molecule is CCC1CN(c2cc(C(F)(F)F)ccc2Br)C(C)CN1. The third kappa shape index (κ3) is 3.28. The third-order valence-corrected chi connectivity index (χ3v) is 4.40. The maximum atomic E-state index is 12.9. The fraction of sp³-hybridized carbons (Fsp3) is 0.571. The lowest BCUT2D eigenvalue weighted by atomic mass is 10.1. The van der Waals surface area contributed by atoms with Gasteiger partial charge < -0.3 is 10.2 Å². The summed E-state index contributed by atoms with van der Waals surface area (Å²) in [5.74, 6) is 0. The van der Waals surface area contributed by atoms with Crippen molar-refractivity contribution >= 4 is 21.6 Å². The zero-order valence-corrected chi connectivity index (χ0v) is 13.1. The van der Waals surface area contributed by atoms with Crippen molar-refractivity contribution in [2.75, 3.05) is 18.0 Å². The first-order valence-electron chi connectivity index (χ1n) is 6.69. The van der Waals surface area contributed by atoms with Gasteiger partial charge in [-0.05, 0) is 47.5 Å². The van der Waals surface area contributed by atoms with E-state index >= 15 is 0 Å². The van der Waals surface area contributed by atoms with Crippen LogP contribution in [0.3, 0.4) is 0 Å². The summed E-state index contributed by atoms with van der Waals surface area (Å²) in [6.45, 7) is 5.59. The molecule has 1 aromatic rings. The molecule has 2 atom stereocenters. The van der Waals surface area contributed by atoms with Gasteiger partial charge in [-0.15, -0.1) is 0 Å². The Bertz CT molecular complexity index is 476. The minimum atomic E-state index is -4.31. The summed E-state index contributed by atoms with van der Waals surface area (Å²) in [4.78, 5) is 2.05. The summed E-state index contributed by atoms with van der Waals surface area (Å²) in [5.41, 5.74) is 0.0155. The van der Waals surface area contributed by atoms with Gasteiger partial charge in [0.05, 0.1) is 11.3 Å². The largest absolute Gasteiger partial charge is 0.416 e. The second-order valence-corrected chi connectivity index (χ2v) is 6.03. The lowest BCUT2D eigenvalue weighted by Gasteiger charge is -2.40. The monoisotopic (exact) mass is 350 g/mol. The van der Waals surface area contributed by atoms with Crippen molar-refractivity contribution in [2.24, 2.45) is 0 Å². The van der Waals surface area contributed by atoms with Crippen LogP contribution in [0.4, 0.5) is 18.9 Å². The van der Waals surface area contributed by atoms with E-state index in [0.29, 0.717) is 16.2 Å². The van der Waals surface area contributed by atoms with Crippen molar-refractivity contribution in [1.82, 2.24) is 5.32 Å². The Morgan fingerprint density at radius 3 is 2.70 bits per heavy atom. The Labute approximate surface area is 125 Å². The van der Waals surface area contributed by atoms with Crippen LogP contribution in [0.2, 0.25) is 0 Å². The Morgan fingerprint density at radius 1 is 1.40 bits per heavy atom. The van der Waals surface area contributed by atoms with Crippen LogP contribution >= 0.6 is 15.9 Å². The summed E-state index contributed by atoms with van der Waals surface area (Å²) in [7, 11) is 0. The molecule has 1 aliphatic rings. The van der Waals surface area contributed by atoms with Crippen molar-refractivity contribution in [3.05, 3.63) is 28.2 Å². The minimum absolute atomic E-state index is 0.164. The Kier molecular flexibility index (Phi) is 4.64. The van der Waals surface area contributed by atoms with Crippen LogP contribution in [0.1, 0.15) is 25.8 Å². The highest BCUT2D eigenvalue weighted by Crippen LogP contribution is 2.36. The maximum Gasteiger partial charge on any atom is 0.416 e. The number of nitrogens with one attached hydrogen (secondary N) is 1. The average Bonchev–Trinajstić information content (AvgIpc) is 2.39. The van der Waals surface area contributed by atoms with Gasteiger partial charge in [-0.25, -0.2) is 0 Å². The number of alkyl halides is 3. The highest BCUT2D eigenvalue weighted by Gasteiger charge is 2.33. The van der Waals surface area contributed by atoms with Crippen LogP contribution in [-0.4, -0.2) is 25.2 Å². The average molecular weight is 351 g/mol. The molecule has 1 N–H and O–H groups in total. The van der Waals surface area contributed by atoms with E-state index in [0.717, 1.165) is 25.6 Å². The molecular formula is C14H18BrF3N2. The van der Waals surface area contributed by atoms with E-state index in [1.54, 1.807) is 0 Å². The van der Waals surface area contributed by atoms with E-state index in [1.807, 2.05) is 11.8 Å².